The number of aromatic amines is 1. The highest BCUT2D eigenvalue weighted by Crippen LogP contribution is 2.48. The summed E-state index contributed by atoms with van der Waals surface area (Å²) in [7, 11) is -1.45. The van der Waals surface area contributed by atoms with Crippen molar-refractivity contribution in [3.05, 3.63) is 27.2 Å². The molecule has 0 amide bonds. The first-order chi connectivity index (χ1) is 11.9. The lowest BCUT2D eigenvalue weighted by molar-refractivity contribution is 0.219. The molecule has 0 saturated heterocycles. The standard InChI is InChI=1S/C15H25N4O5P/c1-4-23-25(22,24-5-2)10-8-6-7-9-19-14(20)12-13(17-11-16-12)18(3)15(19)21/h11H,4-10H2,1-3H3,(H,16,17). The molecule has 2 heterocycles. The molecule has 25 heavy (non-hydrogen) atoms. The van der Waals surface area contributed by atoms with Crippen LogP contribution in [0.25, 0.3) is 11.2 Å². The summed E-state index contributed by atoms with van der Waals surface area (Å²) in [6.07, 6.45) is 3.70. The third kappa shape index (κ3) is 4.48. The van der Waals surface area contributed by atoms with E-state index in [1.807, 2.05) is 0 Å². The molecule has 2 aromatic heterocycles. The molecule has 0 aliphatic heterocycles. The van der Waals surface area contributed by atoms with Gasteiger partial charge < -0.3 is 14.0 Å². The molecule has 0 aliphatic carbocycles. The number of nitrogens with one attached hydrogen (secondary N) is 1. The van der Waals surface area contributed by atoms with Gasteiger partial charge in [-0.3, -0.25) is 18.5 Å². The maximum atomic E-state index is 12.4. The molecule has 9 nitrogen and oxygen atoms in total. The molecule has 0 radical (unpaired) electrons. The van der Waals surface area contributed by atoms with E-state index in [1.165, 1.54) is 15.5 Å². The summed E-state index contributed by atoms with van der Waals surface area (Å²) >= 11 is 0. The van der Waals surface area contributed by atoms with E-state index >= 15 is 0 Å². The molecule has 0 spiro atoms. The fourth-order valence-corrected chi connectivity index (χ4v) is 4.43. The summed E-state index contributed by atoms with van der Waals surface area (Å²) in [5, 5.41) is 0. The van der Waals surface area contributed by atoms with Gasteiger partial charge in [0.25, 0.3) is 5.56 Å². The highest BCUT2D eigenvalue weighted by atomic mass is 31.2. The Labute approximate surface area is 145 Å². The molecule has 0 saturated carbocycles. The van der Waals surface area contributed by atoms with E-state index in [0.29, 0.717) is 56.3 Å². The van der Waals surface area contributed by atoms with E-state index in [0.717, 1.165) is 0 Å². The van der Waals surface area contributed by atoms with Crippen LogP contribution in [-0.2, 0) is 27.2 Å². The van der Waals surface area contributed by atoms with Crippen LogP contribution < -0.4 is 11.2 Å². The molecule has 0 aliphatic rings. The van der Waals surface area contributed by atoms with Crippen molar-refractivity contribution in [1.82, 2.24) is 19.1 Å². The van der Waals surface area contributed by atoms with Gasteiger partial charge in [0.2, 0.25) is 0 Å². The van der Waals surface area contributed by atoms with E-state index in [4.69, 9.17) is 9.05 Å². The molecular weight excluding hydrogens is 347 g/mol. The summed E-state index contributed by atoms with van der Waals surface area (Å²) in [4.78, 5) is 31.4. The molecule has 0 unspecified atom stereocenters. The topological polar surface area (TPSA) is 108 Å². The van der Waals surface area contributed by atoms with Crippen molar-refractivity contribution in [3.8, 4) is 0 Å². The number of aryl methyl sites for hydroxylation is 1. The average molecular weight is 372 g/mol. The summed E-state index contributed by atoms with van der Waals surface area (Å²) in [6.45, 7) is 4.53. The van der Waals surface area contributed by atoms with Gasteiger partial charge in [0.1, 0.15) is 5.52 Å². The maximum absolute atomic E-state index is 12.4. The normalized spacial score (nSPS) is 12.1. The second-order valence-electron chi connectivity index (χ2n) is 5.63. The Morgan fingerprint density at radius 3 is 2.48 bits per heavy atom. The van der Waals surface area contributed by atoms with Crippen molar-refractivity contribution in [2.24, 2.45) is 7.05 Å². The predicted octanol–water partition coefficient (Wildman–Crippen LogP) is 1.86. The van der Waals surface area contributed by atoms with Crippen molar-refractivity contribution in [3.63, 3.8) is 0 Å². The molecule has 10 heteroatoms. The minimum Gasteiger partial charge on any atom is -0.339 e. The highest BCUT2D eigenvalue weighted by molar-refractivity contribution is 7.53. The lowest BCUT2D eigenvalue weighted by Gasteiger charge is -2.16. The molecule has 2 aromatic rings. The van der Waals surface area contributed by atoms with Gasteiger partial charge in [0, 0.05) is 13.6 Å². The van der Waals surface area contributed by atoms with Crippen LogP contribution in [-0.4, -0.2) is 38.5 Å². The molecule has 2 rings (SSSR count). The van der Waals surface area contributed by atoms with Crippen molar-refractivity contribution < 1.29 is 13.6 Å². The van der Waals surface area contributed by atoms with Gasteiger partial charge in [-0.15, -0.1) is 0 Å². The average Bonchev–Trinajstić information content (AvgIpc) is 3.06. The molecule has 0 aromatic carbocycles. The number of imidazole rings is 1. The van der Waals surface area contributed by atoms with Gasteiger partial charge in [0.05, 0.1) is 25.7 Å². The lowest BCUT2D eigenvalue weighted by atomic mass is 10.2. The SMILES string of the molecule is CCOP(=O)(CCCCCn1c(=O)c2[nH]cnc2n(C)c1=O)OCC. The van der Waals surface area contributed by atoms with Crippen LogP contribution in [0.3, 0.4) is 0 Å². The Morgan fingerprint density at radius 1 is 1.16 bits per heavy atom. The van der Waals surface area contributed by atoms with Crippen LogP contribution in [0.1, 0.15) is 33.1 Å². The number of H-pyrrole nitrogens is 1. The Bertz CT molecular complexity index is 859. The van der Waals surface area contributed by atoms with E-state index < -0.39 is 7.60 Å². The van der Waals surface area contributed by atoms with Crippen LogP contribution in [0, 0.1) is 0 Å². The Hall–Kier alpha value is -1.70. The summed E-state index contributed by atoms with van der Waals surface area (Å²) in [5.74, 6) is 0. The van der Waals surface area contributed by atoms with E-state index in [9.17, 15) is 14.2 Å². The monoisotopic (exact) mass is 372 g/mol. The minimum atomic E-state index is -3.03. The molecule has 0 bridgehead atoms. The van der Waals surface area contributed by atoms with Gasteiger partial charge in [-0.05, 0) is 26.7 Å². The lowest BCUT2D eigenvalue weighted by Crippen LogP contribution is -2.39. The van der Waals surface area contributed by atoms with Crippen LogP contribution in [0.5, 0.6) is 0 Å². The van der Waals surface area contributed by atoms with Crippen molar-refractivity contribution in [2.45, 2.75) is 39.7 Å². The molecular formula is C15H25N4O5P. The second-order valence-corrected chi connectivity index (χ2v) is 7.82. The van der Waals surface area contributed by atoms with E-state index in [1.54, 1.807) is 20.9 Å². The Morgan fingerprint density at radius 2 is 1.84 bits per heavy atom. The van der Waals surface area contributed by atoms with Crippen LogP contribution in [0.4, 0.5) is 0 Å². The maximum Gasteiger partial charge on any atom is 0.332 e. The highest BCUT2D eigenvalue weighted by Gasteiger charge is 2.22. The molecule has 1 N–H and O–H groups in total. The third-order valence-electron chi connectivity index (χ3n) is 3.88. The first-order valence-electron chi connectivity index (χ1n) is 8.44. The van der Waals surface area contributed by atoms with Gasteiger partial charge in [-0.2, -0.15) is 0 Å². The van der Waals surface area contributed by atoms with E-state index in [-0.39, 0.29) is 11.2 Å². The number of hydrogen-bond donors (Lipinski definition) is 1. The van der Waals surface area contributed by atoms with Crippen LogP contribution in [0.2, 0.25) is 0 Å². The summed E-state index contributed by atoms with van der Waals surface area (Å²) in [6, 6.07) is 0. The zero-order chi connectivity index (χ0) is 18.4. The van der Waals surface area contributed by atoms with Gasteiger partial charge in [-0.1, -0.05) is 6.42 Å². The molecule has 0 atom stereocenters. The quantitative estimate of drug-likeness (QED) is 0.504. The van der Waals surface area contributed by atoms with Gasteiger partial charge in [-0.25, -0.2) is 9.78 Å². The zero-order valence-electron chi connectivity index (χ0n) is 14.9. The van der Waals surface area contributed by atoms with Gasteiger partial charge >= 0.3 is 13.3 Å². The number of nitrogens with zero attached hydrogens (tertiary/aromatic N) is 3. The largest absolute Gasteiger partial charge is 0.339 e. The Kier molecular flexibility index (Phi) is 6.75. The number of fused-ring (bicyclic) bond motifs is 1. The van der Waals surface area contributed by atoms with Crippen molar-refractivity contribution in [2.75, 3.05) is 19.4 Å². The smallest absolute Gasteiger partial charge is 0.332 e. The van der Waals surface area contributed by atoms with E-state index in [2.05, 4.69) is 9.97 Å². The summed E-state index contributed by atoms with van der Waals surface area (Å²) < 4.78 is 25.4. The zero-order valence-corrected chi connectivity index (χ0v) is 15.8. The first kappa shape index (κ1) is 19.6. The van der Waals surface area contributed by atoms with Crippen LogP contribution in [0.15, 0.2) is 15.9 Å². The number of hydrogen-bond acceptors (Lipinski definition) is 6. The first-order valence-corrected chi connectivity index (χ1v) is 10.2. The number of unbranched alkanes of at least 4 members (excludes halogenated alkanes) is 2. The molecule has 0 fully saturated rings. The van der Waals surface area contributed by atoms with Crippen molar-refractivity contribution >= 4 is 18.8 Å². The van der Waals surface area contributed by atoms with Gasteiger partial charge in [0.15, 0.2) is 5.65 Å². The molecule has 140 valence electrons. The number of rotatable bonds is 10. The van der Waals surface area contributed by atoms with Crippen molar-refractivity contribution in [1.29, 1.82) is 0 Å². The summed E-state index contributed by atoms with van der Waals surface area (Å²) in [5.41, 5.74) is -0.0938. The fraction of sp³-hybridized carbons (Fsp3) is 0.667. The minimum absolute atomic E-state index is 0.300. The fourth-order valence-electron chi connectivity index (χ4n) is 2.70. The third-order valence-corrected chi connectivity index (χ3v) is 6.05. The predicted molar refractivity (Wildman–Crippen MR) is 95.2 cm³/mol. The Balaban J connectivity index is 1.97. The van der Waals surface area contributed by atoms with Crippen LogP contribution >= 0.6 is 7.60 Å². The number of aromatic nitrogens is 4. The second kappa shape index (κ2) is 8.60.